The van der Waals surface area contributed by atoms with Gasteiger partial charge in [-0.05, 0) is 50.6 Å². The molecule has 0 saturated carbocycles. The molecule has 1 saturated heterocycles. The van der Waals surface area contributed by atoms with Crippen LogP contribution in [0.15, 0.2) is 36.5 Å². The molecule has 0 radical (unpaired) electrons. The van der Waals surface area contributed by atoms with E-state index in [0.717, 1.165) is 29.6 Å². The van der Waals surface area contributed by atoms with Crippen molar-refractivity contribution in [1.82, 2.24) is 20.1 Å². The van der Waals surface area contributed by atoms with Crippen molar-refractivity contribution in [2.24, 2.45) is 0 Å². The molecule has 3 rings (SSSR count). The van der Waals surface area contributed by atoms with Gasteiger partial charge < -0.3 is 10.2 Å². The van der Waals surface area contributed by atoms with Crippen molar-refractivity contribution in [3.05, 3.63) is 42.1 Å². The predicted octanol–water partition coefficient (Wildman–Crippen LogP) is 2.86. The minimum absolute atomic E-state index is 0.0331. The minimum Gasteiger partial charge on any atom is -0.336 e. The molecular weight excluding hydrogens is 300 g/mol. The number of nitrogens with zero attached hydrogens (tertiary/aromatic N) is 3. The van der Waals surface area contributed by atoms with Crippen LogP contribution >= 0.6 is 0 Å². The average Bonchev–Trinajstić information content (AvgIpc) is 3.14. The maximum absolute atomic E-state index is 12.3. The summed E-state index contributed by atoms with van der Waals surface area (Å²) < 4.78 is 0. The molecule has 1 fully saturated rings. The number of para-hydroxylation sites is 1. The number of rotatable bonds is 5. The molecule has 5 nitrogen and oxygen atoms in total. The molecule has 1 atom stereocenters. The summed E-state index contributed by atoms with van der Waals surface area (Å²) in [4.78, 5) is 20.9. The van der Waals surface area contributed by atoms with E-state index in [2.05, 4.69) is 28.2 Å². The van der Waals surface area contributed by atoms with Gasteiger partial charge in [0.2, 0.25) is 0 Å². The molecule has 0 aliphatic carbocycles. The Hall–Kier alpha value is -2.14. The lowest BCUT2D eigenvalue weighted by atomic mass is 10.1. The molecule has 1 aliphatic rings. The van der Waals surface area contributed by atoms with Gasteiger partial charge in [0, 0.05) is 37.8 Å². The number of hydrogen-bond donors (Lipinski definition) is 1. The largest absolute Gasteiger partial charge is 0.336 e. The smallest absolute Gasteiger partial charge is 0.317 e. The molecule has 1 aliphatic heterocycles. The fourth-order valence-corrected chi connectivity index (χ4v) is 3.23. The van der Waals surface area contributed by atoms with Crippen LogP contribution in [0.5, 0.6) is 0 Å². The molecule has 1 aromatic heterocycles. The normalized spacial score (nSPS) is 16.2. The fourth-order valence-electron chi connectivity index (χ4n) is 3.23. The maximum Gasteiger partial charge on any atom is 0.317 e. The first-order valence-electron chi connectivity index (χ1n) is 8.70. The van der Waals surface area contributed by atoms with Gasteiger partial charge in [-0.2, -0.15) is 0 Å². The van der Waals surface area contributed by atoms with Crippen LogP contribution in [0.4, 0.5) is 4.79 Å². The van der Waals surface area contributed by atoms with Gasteiger partial charge in [0.05, 0.1) is 5.52 Å². The summed E-state index contributed by atoms with van der Waals surface area (Å²) in [7, 11) is 1.82. The number of likely N-dealkylation sites (tertiary alicyclic amines) is 1. The molecule has 0 unspecified atom stereocenters. The second-order valence-electron chi connectivity index (χ2n) is 6.67. The van der Waals surface area contributed by atoms with Gasteiger partial charge >= 0.3 is 6.03 Å². The molecule has 0 bridgehead atoms. The van der Waals surface area contributed by atoms with E-state index in [4.69, 9.17) is 0 Å². The van der Waals surface area contributed by atoms with E-state index in [9.17, 15) is 4.79 Å². The van der Waals surface area contributed by atoms with Gasteiger partial charge in [0.25, 0.3) is 0 Å². The topological polar surface area (TPSA) is 48.5 Å². The summed E-state index contributed by atoms with van der Waals surface area (Å²) >= 11 is 0. The maximum atomic E-state index is 12.3. The molecule has 1 N–H and O–H groups in total. The molecule has 2 amide bonds. The van der Waals surface area contributed by atoms with Crippen molar-refractivity contribution in [2.75, 3.05) is 26.7 Å². The van der Waals surface area contributed by atoms with Gasteiger partial charge in [0.1, 0.15) is 0 Å². The molecule has 0 spiro atoms. The molecule has 5 heteroatoms. The highest BCUT2D eigenvalue weighted by Crippen LogP contribution is 2.14. The second-order valence-corrected chi connectivity index (χ2v) is 6.67. The number of nitrogens with one attached hydrogen (secondary N) is 1. The van der Waals surface area contributed by atoms with Crippen LogP contribution in [0.25, 0.3) is 10.9 Å². The molecule has 128 valence electrons. The third-order valence-electron chi connectivity index (χ3n) is 4.73. The van der Waals surface area contributed by atoms with Gasteiger partial charge in [-0.15, -0.1) is 0 Å². The number of hydrogen-bond acceptors (Lipinski definition) is 3. The fraction of sp³-hybridized carbons (Fsp3) is 0.474. The van der Waals surface area contributed by atoms with Crippen LogP contribution in [0.1, 0.15) is 25.3 Å². The van der Waals surface area contributed by atoms with Crippen molar-refractivity contribution in [3.63, 3.8) is 0 Å². The van der Waals surface area contributed by atoms with Gasteiger partial charge in [-0.1, -0.05) is 18.2 Å². The van der Waals surface area contributed by atoms with E-state index in [-0.39, 0.29) is 6.03 Å². The van der Waals surface area contributed by atoms with E-state index in [1.807, 2.05) is 37.5 Å². The van der Waals surface area contributed by atoms with Gasteiger partial charge in [0.15, 0.2) is 0 Å². The molecule has 24 heavy (non-hydrogen) atoms. The minimum atomic E-state index is -0.0331. The number of amides is 2. The van der Waals surface area contributed by atoms with E-state index < -0.39 is 0 Å². The highest BCUT2D eigenvalue weighted by atomic mass is 16.2. The first-order valence-corrected chi connectivity index (χ1v) is 8.70. The Kier molecular flexibility index (Phi) is 5.30. The lowest BCUT2D eigenvalue weighted by molar-refractivity contribution is 0.198. The predicted molar refractivity (Wildman–Crippen MR) is 96.9 cm³/mol. The van der Waals surface area contributed by atoms with Crippen LogP contribution in [0.2, 0.25) is 0 Å². The molecule has 1 aromatic carbocycles. The molecule has 2 aromatic rings. The first-order chi connectivity index (χ1) is 11.6. The van der Waals surface area contributed by atoms with E-state index in [1.54, 1.807) is 4.90 Å². The van der Waals surface area contributed by atoms with Crippen LogP contribution in [-0.2, 0) is 6.54 Å². The Morgan fingerprint density at radius 2 is 2.08 bits per heavy atom. The van der Waals surface area contributed by atoms with Crippen molar-refractivity contribution in [1.29, 1.82) is 0 Å². The van der Waals surface area contributed by atoms with E-state index in [0.29, 0.717) is 19.1 Å². The number of aromatic nitrogens is 1. The summed E-state index contributed by atoms with van der Waals surface area (Å²) in [6.07, 6.45) is 4.39. The van der Waals surface area contributed by atoms with Crippen LogP contribution in [0, 0.1) is 0 Å². The average molecular weight is 326 g/mol. The first kappa shape index (κ1) is 16.7. The Bertz CT molecular complexity index is 697. The lowest BCUT2D eigenvalue weighted by Gasteiger charge is -2.25. The second kappa shape index (κ2) is 7.62. The van der Waals surface area contributed by atoms with E-state index in [1.165, 1.54) is 12.8 Å². The summed E-state index contributed by atoms with van der Waals surface area (Å²) in [5.41, 5.74) is 2.02. The Labute approximate surface area is 143 Å². The quantitative estimate of drug-likeness (QED) is 0.919. The van der Waals surface area contributed by atoms with Crippen molar-refractivity contribution < 1.29 is 4.79 Å². The lowest BCUT2D eigenvalue weighted by Crippen LogP contribution is -2.44. The third-order valence-corrected chi connectivity index (χ3v) is 4.73. The Morgan fingerprint density at radius 1 is 1.33 bits per heavy atom. The number of urea groups is 1. The zero-order valence-electron chi connectivity index (χ0n) is 14.5. The molecular formula is C19H26N4O. The number of carbonyl (C=O) groups excluding carboxylic acids is 1. The van der Waals surface area contributed by atoms with Crippen molar-refractivity contribution >= 4 is 16.9 Å². The zero-order chi connectivity index (χ0) is 16.9. The summed E-state index contributed by atoms with van der Waals surface area (Å²) in [5.74, 6) is 0. The summed E-state index contributed by atoms with van der Waals surface area (Å²) in [6, 6.07) is 10.5. The van der Waals surface area contributed by atoms with Gasteiger partial charge in [-0.25, -0.2) is 4.79 Å². The standard InChI is InChI=1S/C19H26N4O/c1-15(23-9-5-6-10-23)12-21-19(24)22(2)14-16-11-17-7-3-4-8-18(17)20-13-16/h3-4,7-8,11,13,15H,5-6,9-10,12,14H2,1-2H3,(H,21,24)/t15-/m1/s1. The highest BCUT2D eigenvalue weighted by Gasteiger charge is 2.19. The number of carbonyl (C=O) groups is 1. The van der Waals surface area contributed by atoms with Crippen molar-refractivity contribution in [2.45, 2.75) is 32.4 Å². The van der Waals surface area contributed by atoms with Crippen LogP contribution in [0.3, 0.4) is 0 Å². The Balaban J connectivity index is 1.52. The SMILES string of the molecule is C[C@H](CNC(=O)N(C)Cc1cnc2ccccc2c1)N1CCCC1. The van der Waals surface area contributed by atoms with Crippen molar-refractivity contribution in [3.8, 4) is 0 Å². The van der Waals surface area contributed by atoms with Crippen LogP contribution < -0.4 is 5.32 Å². The zero-order valence-corrected chi connectivity index (χ0v) is 14.5. The number of pyridine rings is 1. The van der Waals surface area contributed by atoms with Crippen LogP contribution in [-0.4, -0.2) is 53.5 Å². The van der Waals surface area contributed by atoms with Gasteiger partial charge in [-0.3, -0.25) is 9.88 Å². The Morgan fingerprint density at radius 3 is 2.88 bits per heavy atom. The highest BCUT2D eigenvalue weighted by molar-refractivity contribution is 5.79. The number of fused-ring (bicyclic) bond motifs is 1. The molecule has 2 heterocycles. The summed E-state index contributed by atoms with van der Waals surface area (Å²) in [6.45, 7) is 5.73. The van der Waals surface area contributed by atoms with E-state index >= 15 is 0 Å². The summed E-state index contributed by atoms with van der Waals surface area (Å²) in [5, 5.41) is 4.14. The third kappa shape index (κ3) is 4.03. The number of benzene rings is 1. The monoisotopic (exact) mass is 326 g/mol.